The van der Waals surface area contributed by atoms with E-state index in [-0.39, 0.29) is 20.3 Å². The molecule has 0 saturated heterocycles. The van der Waals surface area contributed by atoms with Gasteiger partial charge >= 0.3 is 41.8 Å². The number of rotatable bonds is 0. The van der Waals surface area contributed by atoms with E-state index in [0.29, 0.717) is 0 Å². The van der Waals surface area contributed by atoms with Crippen molar-refractivity contribution in [1.29, 1.82) is 0 Å². The van der Waals surface area contributed by atoms with E-state index in [9.17, 15) is 7.10 Å². The maximum absolute atomic E-state index is 9.53. The molecule has 0 atom stereocenters. The molecule has 0 nitrogen and oxygen atoms in total. The Balaban J connectivity index is -0.0000000200. The van der Waals surface area contributed by atoms with Crippen molar-refractivity contribution in [3.05, 3.63) is 0 Å². The van der Waals surface area contributed by atoms with Gasteiger partial charge in [0.25, 0.3) is 0 Å². The van der Waals surface area contributed by atoms with Crippen LogP contribution in [-0.2, 0) is 15.9 Å². The zero-order valence-corrected chi connectivity index (χ0v) is 3.00. The van der Waals surface area contributed by atoms with Crippen molar-refractivity contribution < 1.29 is 43.3 Å². The zero-order valence-electron chi connectivity index (χ0n) is 3.06. The summed E-state index contributed by atoms with van der Waals surface area (Å²) < 4.78 is 19.1. The molecule has 0 aliphatic carbocycles. The molecule has 0 saturated carbocycles. The molecule has 0 fully saturated rings. The summed E-state index contributed by atoms with van der Waals surface area (Å²) in [5.74, 6) is 0. The summed E-state index contributed by atoms with van der Waals surface area (Å²) in [4.78, 5) is 0. The first-order valence-corrected chi connectivity index (χ1v) is 0.940. The van der Waals surface area contributed by atoms with E-state index >= 15 is 0 Å². The summed E-state index contributed by atoms with van der Waals surface area (Å²) in [5.41, 5.74) is 0. The van der Waals surface area contributed by atoms with Crippen LogP contribution in [0.25, 0.3) is 0 Å². The monoisotopic (exact) mass is 109 g/mol. The van der Waals surface area contributed by atoms with Crippen LogP contribution in [-0.4, -0.2) is 0 Å². The third-order valence-electron chi connectivity index (χ3n) is 0. The van der Waals surface area contributed by atoms with Crippen LogP contribution in [0, 0.1) is 0 Å². The Morgan fingerprint density at radius 1 is 1.50 bits per heavy atom. The second kappa shape index (κ2) is 9.02. The molecule has 0 aromatic rings. The number of hydrogen-bond donors (Lipinski definition) is 0. The second-order valence-electron chi connectivity index (χ2n) is 0.0431. The van der Waals surface area contributed by atoms with Crippen molar-refractivity contribution in [3.63, 3.8) is 0 Å². The molecule has 0 rings (SSSR count). The summed E-state index contributed by atoms with van der Waals surface area (Å²) in [6.45, 7) is 0. The first-order valence-electron chi connectivity index (χ1n) is 0.228. The molecule has 0 amide bonds. The smallest absolute Gasteiger partial charge is 1.00 e. The largest absolute Gasteiger partial charge is 1.00 e. The van der Waals surface area contributed by atoms with E-state index in [0.717, 1.165) is 0 Å². The average molecular weight is 109 g/mol. The average Bonchev–Trinajstić information content (AvgIpc) is 0.918. The van der Waals surface area contributed by atoms with Gasteiger partial charge in [-0.1, -0.05) is 0 Å². The number of halogens is 2. The predicted molar refractivity (Wildman–Crippen MR) is 3.33 cm³/mol. The topological polar surface area (TPSA) is 0 Å². The summed E-state index contributed by atoms with van der Waals surface area (Å²) >= 11 is -1.19. The van der Waals surface area contributed by atoms with E-state index in [4.69, 9.17) is 0 Å². The summed E-state index contributed by atoms with van der Waals surface area (Å²) in [7, 11) is 0. The van der Waals surface area contributed by atoms with Crippen molar-refractivity contribution in [3.8, 4) is 0 Å². The van der Waals surface area contributed by atoms with Crippen LogP contribution in [0.5, 0.6) is 0 Å². The second-order valence-corrected chi connectivity index (χ2v) is 0.178. The Bertz CT molecular complexity index is 9.61. The first kappa shape index (κ1) is 8.88. The zero-order chi connectivity index (χ0) is 2.71. The summed E-state index contributed by atoms with van der Waals surface area (Å²) in [5, 5.41) is 0. The molecule has 0 unspecified atom stereocenters. The summed E-state index contributed by atoms with van der Waals surface area (Å²) in [6, 6.07) is 0. The molecule has 4 heteroatoms. The van der Waals surface area contributed by atoms with Gasteiger partial charge in [-0.05, 0) is 0 Å². The van der Waals surface area contributed by atoms with Crippen LogP contribution < -0.4 is 18.9 Å². The molecule has 27 valence electrons. The van der Waals surface area contributed by atoms with E-state index < -0.39 is 15.9 Å². The molecular weight excluding hydrogens is 108 g/mol. The molecule has 0 heterocycles. The minimum Gasteiger partial charge on any atom is -1.00 e. The van der Waals surface area contributed by atoms with E-state index in [1.807, 2.05) is 0 Å². The Hall–Kier alpha value is 0.977. The van der Waals surface area contributed by atoms with Gasteiger partial charge in [-0.2, -0.15) is 0 Å². The van der Waals surface area contributed by atoms with Gasteiger partial charge in [-0.15, -0.1) is 0 Å². The Labute approximate surface area is 43.7 Å². The van der Waals surface area contributed by atoms with E-state index in [2.05, 4.69) is 0 Å². The van der Waals surface area contributed by atoms with Crippen molar-refractivity contribution in [2.45, 2.75) is 0 Å². The Morgan fingerprint density at radius 2 is 1.50 bits per heavy atom. The van der Waals surface area contributed by atoms with Crippen molar-refractivity contribution in [2.75, 3.05) is 0 Å². The minimum absolute atomic E-state index is 0. The van der Waals surface area contributed by atoms with Gasteiger partial charge in [-0.3, -0.25) is 0 Å². The standard InChI is InChI=1S/Cu.2FH.Li.H/h;2*1H;;/q+2;;;+1;-1/p-2. The molecule has 0 aromatic heterocycles. The van der Waals surface area contributed by atoms with Crippen LogP contribution in [0.1, 0.15) is 1.43 Å². The predicted octanol–water partition coefficient (Wildman–Crippen LogP) is -2.05. The van der Waals surface area contributed by atoms with Crippen molar-refractivity contribution in [1.82, 2.24) is 0 Å². The molecular formula is HCuF2Li. The Kier molecular flexibility index (Phi) is 20.0. The summed E-state index contributed by atoms with van der Waals surface area (Å²) in [6.07, 6.45) is 0. The fraction of sp³-hybridized carbons (Fsp3) is 0. The van der Waals surface area contributed by atoms with Gasteiger partial charge in [0.15, 0.2) is 0 Å². The molecule has 0 N–H and O–H groups in total. The molecule has 0 aliphatic heterocycles. The molecule has 4 heavy (non-hydrogen) atoms. The van der Waals surface area contributed by atoms with Crippen LogP contribution in [0.2, 0.25) is 0 Å². The fourth-order valence-electron chi connectivity index (χ4n) is 0. The third kappa shape index (κ3) is 12.2. The van der Waals surface area contributed by atoms with Crippen LogP contribution in [0.15, 0.2) is 0 Å². The van der Waals surface area contributed by atoms with Gasteiger partial charge in [0.2, 0.25) is 0 Å². The molecule has 0 aliphatic rings. The molecule has 0 radical (unpaired) electrons. The maximum Gasteiger partial charge on any atom is 1.00 e. The van der Waals surface area contributed by atoms with Gasteiger partial charge in [-0.25, -0.2) is 0 Å². The van der Waals surface area contributed by atoms with Crippen LogP contribution in [0.4, 0.5) is 7.10 Å². The molecule has 0 spiro atoms. The minimum atomic E-state index is -1.19. The van der Waals surface area contributed by atoms with Crippen molar-refractivity contribution >= 4 is 0 Å². The van der Waals surface area contributed by atoms with Crippen LogP contribution in [0.3, 0.4) is 0 Å². The third-order valence-corrected chi connectivity index (χ3v) is 0. The van der Waals surface area contributed by atoms with Gasteiger partial charge < -0.3 is 1.43 Å². The van der Waals surface area contributed by atoms with Crippen LogP contribution >= 0.6 is 0 Å². The van der Waals surface area contributed by atoms with Gasteiger partial charge in [0.1, 0.15) is 0 Å². The SMILES string of the molecule is [F][Cu][F].[H-].[Li+]. The van der Waals surface area contributed by atoms with Crippen molar-refractivity contribution in [2.24, 2.45) is 0 Å². The van der Waals surface area contributed by atoms with Gasteiger partial charge in [0.05, 0.1) is 0 Å². The molecule has 0 aromatic carbocycles. The van der Waals surface area contributed by atoms with E-state index in [1.54, 1.807) is 0 Å². The fourth-order valence-corrected chi connectivity index (χ4v) is 0. The normalized spacial score (nSPS) is 5.50. The van der Waals surface area contributed by atoms with Gasteiger partial charge in [0, 0.05) is 0 Å². The van der Waals surface area contributed by atoms with E-state index in [1.165, 1.54) is 0 Å². The first-order chi connectivity index (χ1) is 1.41. The maximum atomic E-state index is 9.53. The quantitative estimate of drug-likeness (QED) is 0.314. The Morgan fingerprint density at radius 3 is 1.50 bits per heavy atom. The number of hydrogen-bond acceptors (Lipinski definition) is 0. The molecule has 0 bridgehead atoms.